The highest BCUT2D eigenvalue weighted by molar-refractivity contribution is 7.17. The molecule has 0 saturated carbocycles. The number of phenols is 1. The second kappa shape index (κ2) is 6.54. The Morgan fingerprint density at radius 2 is 1.60 bits per heavy atom. The van der Waals surface area contributed by atoms with E-state index < -0.39 is 0 Å². The fourth-order valence-electron chi connectivity index (χ4n) is 2.87. The van der Waals surface area contributed by atoms with Crippen molar-refractivity contribution in [3.8, 4) is 16.2 Å². The minimum Gasteiger partial charge on any atom is -0.508 e. The molecule has 0 amide bonds. The molecule has 0 atom stereocenters. The molecule has 3 heteroatoms. The van der Waals surface area contributed by atoms with Crippen LogP contribution in [0.25, 0.3) is 21.2 Å². The predicted octanol–water partition coefficient (Wildman–Crippen LogP) is 5.70. The number of ketones is 1. The zero-order chi connectivity index (χ0) is 17.2. The van der Waals surface area contributed by atoms with Crippen molar-refractivity contribution >= 4 is 27.9 Å². The predicted molar refractivity (Wildman–Crippen MR) is 103 cm³/mol. The lowest BCUT2D eigenvalue weighted by molar-refractivity contribution is 0.0997. The molecule has 0 aliphatic rings. The summed E-state index contributed by atoms with van der Waals surface area (Å²) in [7, 11) is 0. The van der Waals surface area contributed by atoms with Crippen LogP contribution in [0, 0.1) is 0 Å². The maximum atomic E-state index is 12.5. The normalized spacial score (nSPS) is 10.9. The van der Waals surface area contributed by atoms with Gasteiger partial charge in [-0.05, 0) is 52.2 Å². The van der Waals surface area contributed by atoms with Gasteiger partial charge in [0.1, 0.15) is 5.75 Å². The van der Waals surface area contributed by atoms with Crippen LogP contribution in [0.1, 0.15) is 15.2 Å². The maximum Gasteiger partial charge on any atom is 0.177 e. The lowest BCUT2D eigenvalue weighted by Crippen LogP contribution is -2.00. The molecule has 1 aromatic heterocycles. The van der Waals surface area contributed by atoms with Crippen LogP contribution in [0.2, 0.25) is 0 Å². The highest BCUT2D eigenvalue weighted by Gasteiger charge is 2.11. The van der Waals surface area contributed by atoms with E-state index >= 15 is 0 Å². The first-order chi connectivity index (χ1) is 12.2. The highest BCUT2D eigenvalue weighted by atomic mass is 32.1. The molecule has 0 aliphatic heterocycles. The first kappa shape index (κ1) is 15.6. The summed E-state index contributed by atoms with van der Waals surface area (Å²) in [5, 5.41) is 11.7. The third kappa shape index (κ3) is 3.32. The van der Waals surface area contributed by atoms with Gasteiger partial charge in [0.15, 0.2) is 5.78 Å². The monoisotopic (exact) mass is 344 g/mol. The SMILES string of the molecule is O=C(Cc1ccc(O)cc1)c1ccc(-c2ccc3ccccc3c2)s1. The summed E-state index contributed by atoms with van der Waals surface area (Å²) in [5.74, 6) is 0.314. The Morgan fingerprint density at radius 1 is 0.840 bits per heavy atom. The van der Waals surface area contributed by atoms with Crippen LogP contribution < -0.4 is 0 Å². The summed E-state index contributed by atoms with van der Waals surface area (Å²) < 4.78 is 0. The number of carbonyl (C=O) groups is 1. The van der Waals surface area contributed by atoms with Crippen LogP contribution in [0.5, 0.6) is 5.75 Å². The molecule has 0 aliphatic carbocycles. The second-order valence-corrected chi connectivity index (χ2v) is 7.08. The number of hydrogen-bond donors (Lipinski definition) is 1. The molecule has 4 aromatic rings. The van der Waals surface area contributed by atoms with Gasteiger partial charge in [-0.3, -0.25) is 4.79 Å². The van der Waals surface area contributed by atoms with Crippen LogP contribution in [0.3, 0.4) is 0 Å². The van der Waals surface area contributed by atoms with Gasteiger partial charge in [0.05, 0.1) is 4.88 Å². The Bertz CT molecular complexity index is 1050. The van der Waals surface area contributed by atoms with Gasteiger partial charge in [0.25, 0.3) is 0 Å². The number of hydrogen-bond acceptors (Lipinski definition) is 3. The molecule has 1 heterocycles. The van der Waals surface area contributed by atoms with Crippen LogP contribution in [0.4, 0.5) is 0 Å². The second-order valence-electron chi connectivity index (χ2n) is 5.99. The van der Waals surface area contributed by atoms with Gasteiger partial charge in [-0.25, -0.2) is 0 Å². The molecule has 0 fully saturated rings. The molecule has 0 radical (unpaired) electrons. The minimum absolute atomic E-state index is 0.0997. The van der Waals surface area contributed by atoms with Gasteiger partial charge in [-0.2, -0.15) is 0 Å². The number of fused-ring (bicyclic) bond motifs is 1. The molecule has 0 unspecified atom stereocenters. The Morgan fingerprint density at radius 3 is 2.40 bits per heavy atom. The molecule has 3 aromatic carbocycles. The van der Waals surface area contributed by atoms with Crippen molar-refractivity contribution in [1.82, 2.24) is 0 Å². The van der Waals surface area contributed by atoms with Crippen LogP contribution >= 0.6 is 11.3 Å². The topological polar surface area (TPSA) is 37.3 Å². The summed E-state index contributed by atoms with van der Waals surface area (Å²) >= 11 is 1.53. The summed E-state index contributed by atoms with van der Waals surface area (Å²) in [6.07, 6.45) is 0.345. The van der Waals surface area contributed by atoms with Crippen molar-refractivity contribution < 1.29 is 9.90 Å². The quantitative estimate of drug-likeness (QED) is 0.482. The summed E-state index contributed by atoms with van der Waals surface area (Å²) in [5.41, 5.74) is 2.04. The van der Waals surface area contributed by atoms with E-state index in [4.69, 9.17) is 0 Å². The Hall–Kier alpha value is -2.91. The average molecular weight is 344 g/mol. The van der Waals surface area contributed by atoms with E-state index in [1.807, 2.05) is 24.3 Å². The third-order valence-electron chi connectivity index (χ3n) is 4.22. The zero-order valence-corrected chi connectivity index (χ0v) is 14.3. The van der Waals surface area contributed by atoms with Crippen LogP contribution in [-0.2, 0) is 6.42 Å². The first-order valence-corrected chi connectivity index (χ1v) is 8.91. The molecular weight excluding hydrogens is 328 g/mol. The van der Waals surface area contributed by atoms with Gasteiger partial charge >= 0.3 is 0 Å². The van der Waals surface area contributed by atoms with Gasteiger partial charge in [0.2, 0.25) is 0 Å². The minimum atomic E-state index is 0.0997. The molecule has 0 bridgehead atoms. The number of thiophene rings is 1. The number of aromatic hydroxyl groups is 1. The van der Waals surface area contributed by atoms with Crippen molar-refractivity contribution in [1.29, 1.82) is 0 Å². The van der Waals surface area contributed by atoms with Gasteiger partial charge in [-0.15, -0.1) is 11.3 Å². The lowest BCUT2D eigenvalue weighted by atomic mass is 10.1. The van der Waals surface area contributed by atoms with Gasteiger partial charge < -0.3 is 5.11 Å². The fraction of sp³-hybridized carbons (Fsp3) is 0.0455. The zero-order valence-electron chi connectivity index (χ0n) is 13.5. The van der Waals surface area contributed by atoms with E-state index in [2.05, 4.69) is 30.3 Å². The summed E-state index contributed by atoms with van der Waals surface area (Å²) in [6.45, 7) is 0. The fourth-order valence-corrected chi connectivity index (χ4v) is 3.81. The standard InChI is InChI=1S/C22H16O2S/c23-19-9-5-15(6-10-19)13-20(24)22-12-11-21(25-22)18-8-7-16-3-1-2-4-17(16)14-18/h1-12,14,23H,13H2. The third-order valence-corrected chi connectivity index (χ3v) is 5.39. The molecule has 122 valence electrons. The molecule has 4 rings (SSSR count). The number of phenolic OH excluding ortho intramolecular Hbond substituents is 1. The van der Waals surface area contributed by atoms with Gasteiger partial charge in [0, 0.05) is 11.3 Å². The van der Waals surface area contributed by atoms with E-state index in [1.54, 1.807) is 24.3 Å². The van der Waals surface area contributed by atoms with E-state index in [1.165, 1.54) is 22.1 Å². The summed E-state index contributed by atoms with van der Waals surface area (Å²) in [4.78, 5) is 14.4. The lowest BCUT2D eigenvalue weighted by Gasteiger charge is -2.02. The number of carbonyl (C=O) groups excluding carboxylic acids is 1. The van der Waals surface area contributed by atoms with Crippen molar-refractivity contribution in [2.45, 2.75) is 6.42 Å². The molecule has 0 spiro atoms. The largest absolute Gasteiger partial charge is 0.508 e. The number of Topliss-reactive ketones (excluding diaryl/α,β-unsaturated/α-hetero) is 1. The van der Waals surface area contributed by atoms with E-state index in [9.17, 15) is 9.90 Å². The first-order valence-electron chi connectivity index (χ1n) is 8.09. The van der Waals surface area contributed by atoms with Gasteiger partial charge in [-0.1, -0.05) is 48.5 Å². The Kier molecular flexibility index (Phi) is 4.08. The van der Waals surface area contributed by atoms with E-state index in [0.717, 1.165) is 20.9 Å². The molecular formula is C22H16O2S. The van der Waals surface area contributed by atoms with Crippen LogP contribution in [0.15, 0.2) is 78.9 Å². The summed E-state index contributed by atoms with van der Waals surface area (Å²) in [6, 6.07) is 25.3. The van der Waals surface area contributed by atoms with Crippen LogP contribution in [-0.4, -0.2) is 10.9 Å². The average Bonchev–Trinajstić information content (AvgIpc) is 3.13. The number of rotatable bonds is 4. The van der Waals surface area contributed by atoms with Crippen molar-refractivity contribution in [2.75, 3.05) is 0 Å². The maximum absolute atomic E-state index is 12.5. The molecule has 1 N–H and O–H groups in total. The van der Waals surface area contributed by atoms with Crippen molar-refractivity contribution in [3.05, 3.63) is 89.3 Å². The Balaban J connectivity index is 1.58. The Labute approximate surface area is 150 Å². The van der Waals surface area contributed by atoms with Crippen molar-refractivity contribution in [3.63, 3.8) is 0 Å². The molecule has 25 heavy (non-hydrogen) atoms. The van der Waals surface area contributed by atoms with E-state index in [0.29, 0.717) is 6.42 Å². The van der Waals surface area contributed by atoms with Crippen molar-refractivity contribution in [2.24, 2.45) is 0 Å². The number of benzene rings is 3. The highest BCUT2D eigenvalue weighted by Crippen LogP contribution is 2.31. The molecule has 2 nitrogen and oxygen atoms in total. The smallest absolute Gasteiger partial charge is 0.177 e. The molecule has 0 saturated heterocycles. The van der Waals surface area contributed by atoms with E-state index in [-0.39, 0.29) is 11.5 Å².